The van der Waals surface area contributed by atoms with Gasteiger partial charge in [-0.25, -0.2) is 9.48 Å². The minimum Gasteiger partial charge on any atom is -0.345 e. The fourth-order valence-corrected chi connectivity index (χ4v) is 3.27. The third kappa shape index (κ3) is 4.85. The maximum Gasteiger partial charge on any atom is 0.346 e. The molecule has 0 aliphatic carbocycles. The summed E-state index contributed by atoms with van der Waals surface area (Å²) in [5, 5.41) is 9.52. The molecule has 27 heavy (non-hydrogen) atoms. The van der Waals surface area contributed by atoms with Crippen LogP contribution in [0.2, 0.25) is 0 Å². The lowest BCUT2D eigenvalue weighted by Gasteiger charge is -2.08. The molecular weight excluding hydrogens is 414 g/mol. The Morgan fingerprint density at radius 2 is 2.04 bits per heavy atom. The van der Waals surface area contributed by atoms with Crippen LogP contribution in [-0.4, -0.2) is 32.7 Å². The summed E-state index contributed by atoms with van der Waals surface area (Å²) in [5.74, 6) is -0.0285. The molecule has 8 nitrogen and oxygen atoms in total. The minimum absolute atomic E-state index is 0.170. The van der Waals surface area contributed by atoms with Crippen LogP contribution in [0.15, 0.2) is 27.5 Å². The van der Waals surface area contributed by atoms with Crippen LogP contribution in [0.5, 0.6) is 0 Å². The highest BCUT2D eigenvalue weighted by Crippen LogP contribution is 2.19. The molecule has 1 aliphatic rings. The predicted octanol–water partition coefficient (Wildman–Crippen LogP) is 1.60. The molecule has 0 radical (unpaired) electrons. The molecule has 0 saturated heterocycles. The second-order valence-corrected chi connectivity index (χ2v) is 7.46. The lowest BCUT2D eigenvalue weighted by molar-refractivity contribution is -0.124. The predicted molar refractivity (Wildman–Crippen MR) is 105 cm³/mol. The first-order valence-corrected chi connectivity index (χ1v) is 9.72. The van der Waals surface area contributed by atoms with E-state index in [1.54, 1.807) is 10.6 Å². The molecule has 1 aliphatic heterocycles. The zero-order chi connectivity index (χ0) is 19.4. The van der Waals surface area contributed by atoms with Gasteiger partial charge in [-0.1, -0.05) is 22.4 Å². The third-order valence-electron chi connectivity index (χ3n) is 4.46. The van der Waals surface area contributed by atoms with Crippen molar-refractivity contribution in [3.63, 3.8) is 0 Å². The quantitative estimate of drug-likeness (QED) is 0.744. The number of rotatable bonds is 5. The van der Waals surface area contributed by atoms with Crippen LogP contribution in [0.3, 0.4) is 0 Å². The molecule has 1 aromatic heterocycles. The van der Waals surface area contributed by atoms with Crippen LogP contribution in [0, 0.1) is 6.92 Å². The normalized spacial score (nSPS) is 13.6. The Morgan fingerprint density at radius 1 is 1.22 bits per heavy atom. The van der Waals surface area contributed by atoms with Crippen molar-refractivity contribution >= 4 is 33.4 Å². The van der Waals surface area contributed by atoms with Crippen LogP contribution in [0.1, 0.15) is 30.7 Å². The van der Waals surface area contributed by atoms with Crippen molar-refractivity contribution in [1.29, 1.82) is 0 Å². The third-order valence-corrected chi connectivity index (χ3v) is 5.35. The van der Waals surface area contributed by atoms with E-state index in [0.29, 0.717) is 12.2 Å². The van der Waals surface area contributed by atoms with Crippen LogP contribution in [-0.2, 0) is 29.1 Å². The number of hydrogen-bond donors (Lipinski definition) is 2. The minimum atomic E-state index is -0.424. The molecule has 0 fully saturated rings. The van der Waals surface area contributed by atoms with Gasteiger partial charge in [0.15, 0.2) is 0 Å². The highest BCUT2D eigenvalue weighted by molar-refractivity contribution is 9.10. The number of halogens is 1. The van der Waals surface area contributed by atoms with Crippen molar-refractivity contribution in [3.8, 4) is 0 Å². The molecule has 0 bridgehead atoms. The maximum atomic E-state index is 12.3. The SMILES string of the molecule is Cc1cc(NC(=O)CNC(=O)Cn2nc3n(c2=O)CCCCC3)ccc1Br. The summed E-state index contributed by atoms with van der Waals surface area (Å²) >= 11 is 3.40. The maximum absolute atomic E-state index is 12.3. The summed E-state index contributed by atoms with van der Waals surface area (Å²) in [4.78, 5) is 36.4. The van der Waals surface area contributed by atoms with Gasteiger partial charge in [0.25, 0.3) is 0 Å². The van der Waals surface area contributed by atoms with E-state index in [2.05, 4.69) is 31.7 Å². The summed E-state index contributed by atoms with van der Waals surface area (Å²) in [6.07, 6.45) is 3.77. The van der Waals surface area contributed by atoms with Crippen molar-refractivity contribution in [2.24, 2.45) is 0 Å². The molecule has 2 heterocycles. The van der Waals surface area contributed by atoms with Gasteiger partial charge in [0.2, 0.25) is 11.8 Å². The lowest BCUT2D eigenvalue weighted by Crippen LogP contribution is -2.37. The first-order chi connectivity index (χ1) is 12.9. The fraction of sp³-hybridized carbons (Fsp3) is 0.444. The number of amides is 2. The van der Waals surface area contributed by atoms with Crippen LogP contribution in [0.4, 0.5) is 5.69 Å². The van der Waals surface area contributed by atoms with Crippen molar-refractivity contribution in [1.82, 2.24) is 19.7 Å². The van der Waals surface area contributed by atoms with Gasteiger partial charge in [-0.15, -0.1) is 0 Å². The summed E-state index contributed by atoms with van der Waals surface area (Å²) in [6, 6.07) is 5.45. The molecule has 2 N–H and O–H groups in total. The second kappa shape index (κ2) is 8.51. The van der Waals surface area contributed by atoms with E-state index in [1.807, 2.05) is 19.1 Å². The van der Waals surface area contributed by atoms with Gasteiger partial charge >= 0.3 is 5.69 Å². The number of nitrogens with one attached hydrogen (secondary N) is 2. The van der Waals surface area contributed by atoms with Crippen molar-refractivity contribution in [2.75, 3.05) is 11.9 Å². The fourth-order valence-electron chi connectivity index (χ4n) is 3.03. The number of aromatic nitrogens is 3. The molecule has 2 amide bonds. The summed E-state index contributed by atoms with van der Waals surface area (Å²) in [6.45, 7) is 2.20. The van der Waals surface area contributed by atoms with Gasteiger partial charge in [-0.05, 0) is 43.5 Å². The molecule has 0 spiro atoms. The van der Waals surface area contributed by atoms with Crippen molar-refractivity contribution < 1.29 is 9.59 Å². The highest BCUT2D eigenvalue weighted by Gasteiger charge is 2.17. The summed E-state index contributed by atoms with van der Waals surface area (Å²) in [5.41, 5.74) is 1.39. The Hall–Kier alpha value is -2.42. The molecule has 2 aromatic rings. The number of carbonyl (C=O) groups is 2. The van der Waals surface area contributed by atoms with Crippen molar-refractivity contribution in [3.05, 3.63) is 44.5 Å². The van der Waals surface area contributed by atoms with Crippen LogP contribution in [0.25, 0.3) is 0 Å². The molecule has 1 aromatic carbocycles. The van der Waals surface area contributed by atoms with Gasteiger partial charge in [0.05, 0.1) is 6.54 Å². The van der Waals surface area contributed by atoms with Gasteiger partial charge in [-0.2, -0.15) is 5.10 Å². The zero-order valence-corrected chi connectivity index (χ0v) is 16.7. The first kappa shape index (κ1) is 19.3. The number of aryl methyl sites for hydroxylation is 2. The molecular formula is C18H22BrN5O3. The second-order valence-electron chi connectivity index (χ2n) is 6.61. The first-order valence-electron chi connectivity index (χ1n) is 8.93. The Morgan fingerprint density at radius 3 is 2.81 bits per heavy atom. The van der Waals surface area contributed by atoms with Crippen LogP contribution < -0.4 is 16.3 Å². The number of anilines is 1. The highest BCUT2D eigenvalue weighted by atomic mass is 79.9. The van der Waals surface area contributed by atoms with E-state index in [0.717, 1.165) is 41.5 Å². The molecule has 0 atom stereocenters. The average molecular weight is 436 g/mol. The molecule has 0 unspecified atom stereocenters. The van der Waals surface area contributed by atoms with Gasteiger partial charge in [0.1, 0.15) is 12.4 Å². The number of fused-ring (bicyclic) bond motifs is 1. The summed E-state index contributed by atoms with van der Waals surface area (Å²) < 4.78 is 3.77. The number of hydrogen-bond acceptors (Lipinski definition) is 4. The Labute approximate surface area is 165 Å². The van der Waals surface area contributed by atoms with E-state index in [9.17, 15) is 14.4 Å². The Kier molecular flexibility index (Phi) is 6.10. The molecule has 144 valence electrons. The van der Waals surface area contributed by atoms with Gasteiger partial charge in [0, 0.05) is 23.1 Å². The van der Waals surface area contributed by atoms with E-state index in [4.69, 9.17) is 0 Å². The summed E-state index contributed by atoms with van der Waals surface area (Å²) in [7, 11) is 0. The van der Waals surface area contributed by atoms with E-state index < -0.39 is 5.91 Å². The van der Waals surface area contributed by atoms with E-state index in [1.165, 1.54) is 4.68 Å². The Balaban J connectivity index is 1.53. The smallest absolute Gasteiger partial charge is 0.345 e. The van der Waals surface area contributed by atoms with Gasteiger partial charge in [-0.3, -0.25) is 14.2 Å². The standard InChI is InChI=1S/C18H22BrN5O3/c1-12-9-13(6-7-14(12)19)21-16(25)10-20-17(26)11-24-18(27)23-8-4-2-3-5-15(23)22-24/h6-7,9H,2-5,8,10-11H2,1H3,(H,20,26)(H,21,25). The average Bonchev–Trinajstić information content (AvgIpc) is 2.80. The van der Waals surface area contributed by atoms with Crippen LogP contribution >= 0.6 is 15.9 Å². The zero-order valence-electron chi connectivity index (χ0n) is 15.1. The topological polar surface area (TPSA) is 98.0 Å². The Bertz CT molecular complexity index is 918. The van der Waals surface area contributed by atoms with Gasteiger partial charge < -0.3 is 10.6 Å². The van der Waals surface area contributed by atoms with E-state index in [-0.39, 0.29) is 24.7 Å². The lowest BCUT2D eigenvalue weighted by atomic mass is 10.2. The molecule has 9 heteroatoms. The number of carbonyl (C=O) groups excluding carboxylic acids is 2. The monoisotopic (exact) mass is 435 g/mol. The number of benzene rings is 1. The largest absolute Gasteiger partial charge is 0.346 e. The van der Waals surface area contributed by atoms with E-state index >= 15 is 0 Å². The molecule has 3 rings (SSSR count). The molecule has 0 saturated carbocycles. The number of nitrogens with zero attached hydrogens (tertiary/aromatic N) is 3. The van der Waals surface area contributed by atoms with Crippen molar-refractivity contribution in [2.45, 2.75) is 45.7 Å².